The monoisotopic (exact) mass is 454 g/mol. The molecule has 0 bridgehead atoms. The lowest BCUT2D eigenvalue weighted by Gasteiger charge is -2.45. The number of hydrogen-bond donors (Lipinski definition) is 1. The molecule has 0 spiro atoms. The van der Waals surface area contributed by atoms with E-state index < -0.39 is 0 Å². The van der Waals surface area contributed by atoms with Gasteiger partial charge in [0.25, 0.3) is 0 Å². The topological polar surface area (TPSA) is 66.2 Å². The van der Waals surface area contributed by atoms with Gasteiger partial charge in [0.05, 0.1) is 5.56 Å². The fraction of sp³-hybridized carbons (Fsp3) is 0.667. The minimum Gasteiger partial charge on any atom is -0.507 e. The Balaban J connectivity index is 1.43. The van der Waals surface area contributed by atoms with Crippen LogP contribution in [-0.2, 0) is 24.1 Å². The van der Waals surface area contributed by atoms with Gasteiger partial charge in [0, 0.05) is 50.3 Å². The molecule has 6 heteroatoms. The summed E-state index contributed by atoms with van der Waals surface area (Å²) in [5, 5.41) is 11.8. The lowest BCUT2D eigenvalue weighted by atomic mass is 9.83. The van der Waals surface area contributed by atoms with Crippen LogP contribution in [-0.4, -0.2) is 60.8 Å². The van der Waals surface area contributed by atoms with E-state index in [1.165, 1.54) is 45.2 Å². The Morgan fingerprint density at radius 1 is 1.12 bits per heavy atom. The number of aryl methyl sites for hydroxylation is 1. The maximum absolute atomic E-state index is 12.7. The fourth-order valence-corrected chi connectivity index (χ4v) is 6.56. The van der Waals surface area contributed by atoms with E-state index in [0.717, 1.165) is 67.5 Å². The Morgan fingerprint density at radius 2 is 1.97 bits per heavy atom. The number of methoxy groups -OCH3 is 1. The van der Waals surface area contributed by atoms with Crippen molar-refractivity contribution in [3.63, 3.8) is 0 Å². The molecule has 180 valence electrons. The zero-order valence-corrected chi connectivity index (χ0v) is 20.0. The molecular formula is C27H38N2O4. The molecule has 1 aromatic carbocycles. The maximum atomic E-state index is 12.7. The molecule has 2 fully saturated rings. The molecule has 2 saturated heterocycles. The molecule has 0 amide bonds. The van der Waals surface area contributed by atoms with Crippen LogP contribution in [0.4, 0.5) is 0 Å². The first-order chi connectivity index (χ1) is 16.2. The van der Waals surface area contributed by atoms with Crippen molar-refractivity contribution in [3.05, 3.63) is 39.2 Å². The van der Waals surface area contributed by atoms with E-state index in [2.05, 4.69) is 9.80 Å². The van der Waals surface area contributed by atoms with Crippen LogP contribution >= 0.6 is 0 Å². The van der Waals surface area contributed by atoms with Gasteiger partial charge < -0.3 is 19.2 Å². The van der Waals surface area contributed by atoms with Crippen molar-refractivity contribution in [2.45, 2.75) is 70.4 Å². The number of piperidine rings is 2. The van der Waals surface area contributed by atoms with Gasteiger partial charge in [-0.05, 0) is 88.1 Å². The van der Waals surface area contributed by atoms with Gasteiger partial charge >= 0.3 is 5.63 Å². The van der Waals surface area contributed by atoms with Gasteiger partial charge in [-0.15, -0.1) is 0 Å². The highest BCUT2D eigenvalue weighted by molar-refractivity contribution is 5.86. The second-order valence-electron chi connectivity index (χ2n) is 10.2. The number of aromatic hydroxyl groups is 1. The number of nitrogens with zero attached hydrogens (tertiary/aromatic N) is 2. The molecular weight excluding hydrogens is 416 g/mol. The molecule has 3 heterocycles. The van der Waals surface area contributed by atoms with Crippen LogP contribution in [0.15, 0.2) is 21.3 Å². The quantitative estimate of drug-likeness (QED) is 0.479. The van der Waals surface area contributed by atoms with E-state index in [4.69, 9.17) is 9.15 Å². The predicted molar refractivity (Wildman–Crippen MR) is 130 cm³/mol. The SMILES string of the molecule is COCCCN(Cc1c(O)ccc2c3c(c(=O)oc12)CCC3)C[C@@H]1CCCN2CCCC[C@H]12. The third kappa shape index (κ3) is 4.71. The molecule has 2 aliphatic heterocycles. The summed E-state index contributed by atoms with van der Waals surface area (Å²) in [5.41, 5.74) is 3.07. The van der Waals surface area contributed by atoms with Gasteiger partial charge in [-0.25, -0.2) is 4.79 Å². The zero-order valence-electron chi connectivity index (χ0n) is 20.0. The molecule has 1 aliphatic carbocycles. The lowest BCUT2D eigenvalue weighted by molar-refractivity contribution is 0.0372. The number of rotatable bonds is 8. The van der Waals surface area contributed by atoms with Crippen LogP contribution in [0.5, 0.6) is 5.75 Å². The first kappa shape index (κ1) is 22.9. The summed E-state index contributed by atoms with van der Waals surface area (Å²) in [6.07, 6.45) is 10.2. The van der Waals surface area contributed by atoms with Gasteiger partial charge in [-0.2, -0.15) is 0 Å². The normalized spacial score (nSPS) is 23.2. The van der Waals surface area contributed by atoms with Crippen molar-refractivity contribution in [1.82, 2.24) is 9.80 Å². The molecule has 0 radical (unpaired) electrons. The number of benzene rings is 1. The Hall–Kier alpha value is -1.89. The number of phenolic OH excluding ortho intramolecular Hbond substituents is 1. The van der Waals surface area contributed by atoms with Crippen LogP contribution in [0.2, 0.25) is 0 Å². The Morgan fingerprint density at radius 3 is 2.85 bits per heavy atom. The van der Waals surface area contributed by atoms with E-state index >= 15 is 0 Å². The summed E-state index contributed by atoms with van der Waals surface area (Å²) in [4.78, 5) is 17.8. The molecule has 33 heavy (non-hydrogen) atoms. The first-order valence-corrected chi connectivity index (χ1v) is 12.9. The standard InChI is InChI=1S/C27H38N2O4/c1-32-16-6-13-28(17-19-7-5-15-29-14-3-2-10-24(19)29)18-23-25(30)12-11-21-20-8-4-9-22(20)27(31)33-26(21)23/h11-12,19,24,30H,2-10,13-18H2,1H3/t19-,24+/m0/s1. The first-order valence-electron chi connectivity index (χ1n) is 12.9. The molecule has 1 aromatic heterocycles. The molecule has 2 atom stereocenters. The molecule has 5 rings (SSSR count). The van der Waals surface area contributed by atoms with E-state index in [9.17, 15) is 9.90 Å². The van der Waals surface area contributed by atoms with Crippen molar-refractivity contribution in [1.29, 1.82) is 0 Å². The highest BCUT2D eigenvalue weighted by Gasteiger charge is 2.34. The zero-order chi connectivity index (χ0) is 22.8. The largest absolute Gasteiger partial charge is 0.507 e. The van der Waals surface area contributed by atoms with Crippen molar-refractivity contribution < 1.29 is 14.3 Å². The molecule has 2 aromatic rings. The van der Waals surface area contributed by atoms with Gasteiger partial charge in [0.1, 0.15) is 11.3 Å². The summed E-state index contributed by atoms with van der Waals surface area (Å²) in [7, 11) is 1.75. The van der Waals surface area contributed by atoms with E-state index in [-0.39, 0.29) is 11.4 Å². The van der Waals surface area contributed by atoms with Crippen LogP contribution in [0, 0.1) is 5.92 Å². The molecule has 0 saturated carbocycles. The van der Waals surface area contributed by atoms with E-state index in [0.29, 0.717) is 24.1 Å². The molecule has 0 unspecified atom stereocenters. The maximum Gasteiger partial charge on any atom is 0.339 e. The minimum atomic E-state index is -0.224. The van der Waals surface area contributed by atoms with Crippen LogP contribution in [0.25, 0.3) is 11.0 Å². The summed E-state index contributed by atoms with van der Waals surface area (Å²) in [6.45, 7) is 5.72. The second-order valence-corrected chi connectivity index (χ2v) is 10.2. The Kier molecular flexibility index (Phi) is 7.05. The highest BCUT2D eigenvalue weighted by atomic mass is 16.5. The molecule has 6 nitrogen and oxygen atoms in total. The average molecular weight is 455 g/mol. The number of phenols is 1. The third-order valence-electron chi connectivity index (χ3n) is 8.15. The number of hydrogen-bond acceptors (Lipinski definition) is 6. The third-order valence-corrected chi connectivity index (χ3v) is 8.15. The number of ether oxygens (including phenoxy) is 1. The summed E-state index contributed by atoms with van der Waals surface area (Å²) in [5.74, 6) is 0.873. The van der Waals surface area contributed by atoms with Crippen LogP contribution < -0.4 is 5.63 Å². The lowest BCUT2D eigenvalue weighted by Crippen LogP contribution is -2.51. The van der Waals surface area contributed by atoms with Crippen molar-refractivity contribution in [2.75, 3.05) is 39.9 Å². The molecule has 3 aliphatic rings. The fourth-order valence-electron chi connectivity index (χ4n) is 6.56. The van der Waals surface area contributed by atoms with Crippen molar-refractivity contribution in [3.8, 4) is 5.75 Å². The van der Waals surface area contributed by atoms with E-state index in [1.54, 1.807) is 13.2 Å². The van der Waals surface area contributed by atoms with Crippen molar-refractivity contribution in [2.24, 2.45) is 5.92 Å². The van der Waals surface area contributed by atoms with Crippen LogP contribution in [0.1, 0.15) is 61.6 Å². The predicted octanol–water partition coefficient (Wildman–Crippen LogP) is 4.09. The average Bonchev–Trinajstić information content (AvgIpc) is 3.32. The van der Waals surface area contributed by atoms with Gasteiger partial charge in [0.15, 0.2) is 0 Å². The smallest absolute Gasteiger partial charge is 0.339 e. The van der Waals surface area contributed by atoms with Gasteiger partial charge in [-0.1, -0.05) is 6.42 Å². The van der Waals surface area contributed by atoms with Gasteiger partial charge in [-0.3, -0.25) is 4.90 Å². The summed E-state index contributed by atoms with van der Waals surface area (Å²) in [6, 6.07) is 4.39. The summed E-state index contributed by atoms with van der Waals surface area (Å²) < 4.78 is 11.2. The van der Waals surface area contributed by atoms with Crippen LogP contribution in [0.3, 0.4) is 0 Å². The summed E-state index contributed by atoms with van der Waals surface area (Å²) >= 11 is 0. The Bertz CT molecular complexity index is 1030. The second kappa shape index (κ2) is 10.2. The number of fused-ring (bicyclic) bond motifs is 4. The van der Waals surface area contributed by atoms with Gasteiger partial charge in [0.2, 0.25) is 0 Å². The highest BCUT2D eigenvalue weighted by Crippen LogP contribution is 2.35. The van der Waals surface area contributed by atoms with E-state index in [1.807, 2.05) is 6.07 Å². The minimum absolute atomic E-state index is 0.224. The molecule has 1 N–H and O–H groups in total. The van der Waals surface area contributed by atoms with Crippen molar-refractivity contribution >= 4 is 11.0 Å². The Labute approximate surface area is 196 Å².